The molecule has 0 atom stereocenters. The van der Waals surface area contributed by atoms with Gasteiger partial charge in [0.25, 0.3) is 0 Å². The fraction of sp³-hybridized carbons (Fsp3) is 0.263. The topological polar surface area (TPSA) is 81.4 Å². The number of nitrogens with two attached hydrogens (primary N) is 1. The first-order valence-electron chi connectivity index (χ1n) is 7.91. The van der Waals surface area contributed by atoms with Gasteiger partial charge in [0.05, 0.1) is 12.3 Å². The molecule has 0 saturated carbocycles. The van der Waals surface area contributed by atoms with Crippen molar-refractivity contribution in [3.63, 3.8) is 0 Å². The van der Waals surface area contributed by atoms with Crippen molar-refractivity contribution in [2.24, 2.45) is 0 Å². The van der Waals surface area contributed by atoms with E-state index in [2.05, 4.69) is 5.32 Å². The van der Waals surface area contributed by atoms with Crippen LogP contribution in [-0.4, -0.2) is 18.3 Å². The summed E-state index contributed by atoms with van der Waals surface area (Å²) in [6.07, 6.45) is 0.940. The first-order chi connectivity index (χ1) is 11.5. The lowest BCUT2D eigenvalue weighted by molar-refractivity contribution is -0.116. The van der Waals surface area contributed by atoms with Crippen LogP contribution in [0.1, 0.15) is 36.2 Å². The fourth-order valence-electron chi connectivity index (χ4n) is 2.31. The van der Waals surface area contributed by atoms with Crippen molar-refractivity contribution < 1.29 is 14.3 Å². The van der Waals surface area contributed by atoms with Crippen LogP contribution < -0.4 is 15.8 Å². The highest BCUT2D eigenvalue weighted by Gasteiger charge is 2.06. The molecule has 0 bridgehead atoms. The molecule has 0 spiro atoms. The number of nitrogen functional groups attached to an aromatic ring is 1. The molecule has 0 heterocycles. The third-order valence-corrected chi connectivity index (χ3v) is 3.59. The van der Waals surface area contributed by atoms with E-state index in [0.717, 1.165) is 5.56 Å². The van der Waals surface area contributed by atoms with Gasteiger partial charge in [-0.1, -0.05) is 6.07 Å². The van der Waals surface area contributed by atoms with Crippen molar-refractivity contribution in [2.75, 3.05) is 17.7 Å². The van der Waals surface area contributed by atoms with Gasteiger partial charge in [-0.2, -0.15) is 0 Å². The van der Waals surface area contributed by atoms with Crippen LogP contribution in [0.2, 0.25) is 0 Å². The zero-order chi connectivity index (χ0) is 17.5. The van der Waals surface area contributed by atoms with Gasteiger partial charge in [-0.15, -0.1) is 0 Å². The van der Waals surface area contributed by atoms with Gasteiger partial charge in [0.1, 0.15) is 5.75 Å². The summed E-state index contributed by atoms with van der Waals surface area (Å²) in [5.74, 6) is 0.579. The van der Waals surface area contributed by atoms with Crippen molar-refractivity contribution in [2.45, 2.75) is 26.7 Å². The molecule has 0 aromatic heterocycles. The number of rotatable bonds is 7. The Labute approximate surface area is 141 Å². The number of anilines is 2. The van der Waals surface area contributed by atoms with Crippen LogP contribution in [0.15, 0.2) is 42.5 Å². The Morgan fingerprint density at radius 1 is 1.12 bits per heavy atom. The smallest absolute Gasteiger partial charge is 0.224 e. The highest BCUT2D eigenvalue weighted by atomic mass is 16.5. The maximum atomic E-state index is 12.0. The molecule has 0 saturated heterocycles. The predicted molar refractivity (Wildman–Crippen MR) is 95.4 cm³/mol. The maximum absolute atomic E-state index is 12.0. The number of carbonyl (C=O) groups is 2. The molecule has 2 rings (SSSR count). The van der Waals surface area contributed by atoms with Crippen LogP contribution in [-0.2, 0) is 11.2 Å². The first kappa shape index (κ1) is 17.5. The monoisotopic (exact) mass is 326 g/mol. The molecule has 2 aromatic carbocycles. The summed E-state index contributed by atoms with van der Waals surface area (Å²) in [6.45, 7) is 3.98. The molecule has 2 aromatic rings. The molecular weight excluding hydrogens is 304 g/mol. The van der Waals surface area contributed by atoms with Crippen LogP contribution >= 0.6 is 0 Å². The Hall–Kier alpha value is -2.82. The zero-order valence-corrected chi connectivity index (χ0v) is 14.0. The summed E-state index contributed by atoms with van der Waals surface area (Å²) < 4.78 is 5.39. The van der Waals surface area contributed by atoms with E-state index in [4.69, 9.17) is 10.5 Å². The van der Waals surface area contributed by atoms with Crippen molar-refractivity contribution >= 4 is 23.1 Å². The quantitative estimate of drug-likeness (QED) is 0.603. The van der Waals surface area contributed by atoms with E-state index in [1.165, 1.54) is 6.92 Å². The highest BCUT2D eigenvalue weighted by Crippen LogP contribution is 2.23. The number of nitrogens with one attached hydrogen (secondary N) is 1. The van der Waals surface area contributed by atoms with E-state index >= 15 is 0 Å². The summed E-state index contributed by atoms with van der Waals surface area (Å²) in [5, 5.41) is 2.82. The molecule has 126 valence electrons. The largest absolute Gasteiger partial charge is 0.492 e. The first-order valence-corrected chi connectivity index (χ1v) is 7.91. The number of benzene rings is 2. The highest BCUT2D eigenvalue weighted by molar-refractivity contribution is 5.95. The summed E-state index contributed by atoms with van der Waals surface area (Å²) in [6, 6.07) is 12.4. The second kappa shape index (κ2) is 8.15. The molecular formula is C19H22N2O3. The van der Waals surface area contributed by atoms with E-state index in [9.17, 15) is 9.59 Å². The lowest BCUT2D eigenvalue weighted by Crippen LogP contribution is -2.12. The van der Waals surface area contributed by atoms with Gasteiger partial charge >= 0.3 is 0 Å². The van der Waals surface area contributed by atoms with Crippen LogP contribution in [0.3, 0.4) is 0 Å². The summed E-state index contributed by atoms with van der Waals surface area (Å²) in [5.41, 5.74) is 8.79. The molecule has 0 aliphatic carbocycles. The van der Waals surface area contributed by atoms with E-state index < -0.39 is 0 Å². The summed E-state index contributed by atoms with van der Waals surface area (Å²) in [7, 11) is 0. The number of carbonyl (C=O) groups excluding carboxylic acids is 2. The normalized spacial score (nSPS) is 10.2. The number of Topliss-reactive ketones (excluding diaryl/α,β-unsaturated/α-hetero) is 1. The Bertz CT molecular complexity index is 724. The Balaban J connectivity index is 1.88. The van der Waals surface area contributed by atoms with Gasteiger partial charge in [-0.3, -0.25) is 9.59 Å². The average Bonchev–Trinajstić information content (AvgIpc) is 2.56. The Morgan fingerprint density at radius 2 is 1.83 bits per heavy atom. The minimum Gasteiger partial charge on any atom is -0.492 e. The van der Waals surface area contributed by atoms with Crippen LogP contribution in [0.25, 0.3) is 0 Å². The lowest BCUT2D eigenvalue weighted by atomic mass is 10.1. The minimum atomic E-state index is -0.0852. The number of amides is 1. The molecule has 3 N–H and O–H groups in total. The minimum absolute atomic E-state index is 0.000893. The number of aryl methyl sites for hydroxylation is 1. The van der Waals surface area contributed by atoms with E-state index in [0.29, 0.717) is 42.1 Å². The van der Waals surface area contributed by atoms with Gasteiger partial charge in [-0.25, -0.2) is 0 Å². The fourth-order valence-corrected chi connectivity index (χ4v) is 2.31. The molecule has 1 amide bonds. The molecule has 24 heavy (non-hydrogen) atoms. The Kier molecular flexibility index (Phi) is 5.95. The van der Waals surface area contributed by atoms with Crippen LogP contribution in [0.5, 0.6) is 5.75 Å². The molecule has 0 aliphatic rings. The van der Waals surface area contributed by atoms with Crippen molar-refractivity contribution in [1.29, 1.82) is 0 Å². The van der Waals surface area contributed by atoms with Gasteiger partial charge in [0.15, 0.2) is 5.78 Å². The molecule has 5 nitrogen and oxygen atoms in total. The third-order valence-electron chi connectivity index (χ3n) is 3.59. The van der Waals surface area contributed by atoms with Crippen LogP contribution in [0, 0.1) is 0 Å². The Morgan fingerprint density at radius 3 is 2.42 bits per heavy atom. The summed E-state index contributed by atoms with van der Waals surface area (Å²) >= 11 is 0. The van der Waals surface area contributed by atoms with Crippen molar-refractivity contribution in [3.8, 4) is 5.75 Å². The average molecular weight is 326 g/mol. The lowest BCUT2D eigenvalue weighted by Gasteiger charge is -2.09. The molecule has 0 radical (unpaired) electrons. The maximum Gasteiger partial charge on any atom is 0.224 e. The molecule has 0 fully saturated rings. The van der Waals surface area contributed by atoms with Gasteiger partial charge in [-0.05, 0) is 62.2 Å². The predicted octanol–water partition coefficient (Wildman–Crippen LogP) is 3.44. The van der Waals surface area contributed by atoms with E-state index in [1.807, 2.05) is 25.1 Å². The zero-order valence-electron chi connectivity index (χ0n) is 14.0. The number of hydrogen-bond acceptors (Lipinski definition) is 4. The van der Waals surface area contributed by atoms with Crippen molar-refractivity contribution in [1.82, 2.24) is 0 Å². The number of ether oxygens (including phenoxy) is 1. The second-order valence-electron chi connectivity index (χ2n) is 5.49. The van der Waals surface area contributed by atoms with Gasteiger partial charge in [0.2, 0.25) is 5.91 Å². The van der Waals surface area contributed by atoms with Gasteiger partial charge < -0.3 is 15.8 Å². The molecule has 0 unspecified atom stereocenters. The SMILES string of the molecule is CCOc1ccc(CCC(=O)Nc2ccc(C(C)=O)cc2)cc1N. The number of hydrogen-bond donors (Lipinski definition) is 2. The van der Waals surface area contributed by atoms with E-state index in [1.54, 1.807) is 24.3 Å². The van der Waals surface area contributed by atoms with E-state index in [-0.39, 0.29) is 11.7 Å². The summed E-state index contributed by atoms with van der Waals surface area (Å²) in [4.78, 5) is 23.2. The molecule has 0 aliphatic heterocycles. The number of ketones is 1. The molecule has 5 heteroatoms. The van der Waals surface area contributed by atoms with Crippen molar-refractivity contribution in [3.05, 3.63) is 53.6 Å². The van der Waals surface area contributed by atoms with Crippen LogP contribution in [0.4, 0.5) is 11.4 Å². The second-order valence-corrected chi connectivity index (χ2v) is 5.49. The standard InChI is InChI=1S/C19H22N2O3/c1-3-24-18-10-4-14(12-17(18)20)5-11-19(23)21-16-8-6-15(7-9-16)13(2)22/h4,6-10,12H,3,5,11,20H2,1-2H3,(H,21,23). The third kappa shape index (κ3) is 4.84. The van der Waals surface area contributed by atoms with Gasteiger partial charge in [0, 0.05) is 17.7 Å².